The van der Waals surface area contributed by atoms with E-state index in [1.165, 1.54) is 38.1 Å². The van der Waals surface area contributed by atoms with Crippen molar-refractivity contribution in [1.29, 1.82) is 0 Å². The number of hydrogen-bond acceptors (Lipinski definition) is 7. The zero-order chi connectivity index (χ0) is 28.5. The van der Waals surface area contributed by atoms with Crippen LogP contribution in [-0.2, 0) is 36.7 Å². The standard InChI is InChI=1S/C28H37N3O7/c1-18(24(33)29-23(26(35)37-6)17-20-12-14-21(32)15-13-20)31(5)25(34)22(16-19-10-8-7-9-11-19)30-27(36)38-28(2,3)4/h7-15,18,22-23,32H,16-17H2,1-6H3,(H,29,33)(H,30,36)/t18-,22-,23-/m0/s1. The summed E-state index contributed by atoms with van der Waals surface area (Å²) < 4.78 is 10.2. The van der Waals surface area contributed by atoms with E-state index < -0.39 is 47.6 Å². The minimum Gasteiger partial charge on any atom is -0.508 e. The summed E-state index contributed by atoms with van der Waals surface area (Å²) in [5.41, 5.74) is 0.747. The zero-order valence-corrected chi connectivity index (χ0v) is 22.7. The summed E-state index contributed by atoms with van der Waals surface area (Å²) >= 11 is 0. The lowest BCUT2D eigenvalue weighted by Gasteiger charge is -2.30. The van der Waals surface area contributed by atoms with E-state index in [0.717, 1.165) is 5.56 Å². The number of carbonyl (C=O) groups excluding carboxylic acids is 4. The molecule has 206 valence electrons. The molecule has 0 aliphatic rings. The zero-order valence-electron chi connectivity index (χ0n) is 22.7. The van der Waals surface area contributed by atoms with Gasteiger partial charge in [0.2, 0.25) is 11.8 Å². The maximum Gasteiger partial charge on any atom is 0.408 e. The van der Waals surface area contributed by atoms with E-state index in [1.54, 1.807) is 32.9 Å². The van der Waals surface area contributed by atoms with Crippen LogP contribution in [0, 0.1) is 0 Å². The van der Waals surface area contributed by atoms with Crippen LogP contribution >= 0.6 is 0 Å². The molecule has 3 amide bonds. The van der Waals surface area contributed by atoms with Gasteiger partial charge in [-0.3, -0.25) is 9.59 Å². The molecule has 0 radical (unpaired) electrons. The smallest absolute Gasteiger partial charge is 0.408 e. The number of nitrogens with zero attached hydrogens (tertiary/aromatic N) is 1. The number of carbonyl (C=O) groups is 4. The van der Waals surface area contributed by atoms with Crippen LogP contribution in [-0.4, -0.2) is 71.8 Å². The fourth-order valence-corrected chi connectivity index (χ4v) is 3.61. The van der Waals surface area contributed by atoms with Crippen LogP contribution in [0.4, 0.5) is 4.79 Å². The first-order chi connectivity index (χ1) is 17.8. The quantitative estimate of drug-likeness (QED) is 0.404. The highest BCUT2D eigenvalue weighted by Gasteiger charge is 2.33. The van der Waals surface area contributed by atoms with Gasteiger partial charge in [-0.05, 0) is 51.0 Å². The highest BCUT2D eigenvalue weighted by atomic mass is 16.6. The molecule has 0 spiro atoms. The topological polar surface area (TPSA) is 134 Å². The third-order valence-corrected chi connectivity index (χ3v) is 5.76. The Kier molecular flexibility index (Phi) is 10.7. The van der Waals surface area contributed by atoms with Crippen LogP contribution in [0.15, 0.2) is 54.6 Å². The summed E-state index contributed by atoms with van der Waals surface area (Å²) in [6.45, 7) is 6.67. The second kappa shape index (κ2) is 13.5. The molecule has 0 saturated heterocycles. The van der Waals surface area contributed by atoms with Crippen molar-refractivity contribution in [2.75, 3.05) is 14.2 Å². The Morgan fingerprint density at radius 2 is 1.45 bits per heavy atom. The summed E-state index contributed by atoms with van der Waals surface area (Å²) in [5, 5.41) is 14.8. The molecule has 2 rings (SSSR count). The Bertz CT molecular complexity index is 1100. The predicted octanol–water partition coefficient (Wildman–Crippen LogP) is 2.58. The first-order valence-electron chi connectivity index (χ1n) is 12.3. The highest BCUT2D eigenvalue weighted by Crippen LogP contribution is 2.14. The van der Waals surface area contributed by atoms with E-state index >= 15 is 0 Å². The van der Waals surface area contributed by atoms with E-state index in [0.29, 0.717) is 5.56 Å². The minimum absolute atomic E-state index is 0.0752. The molecular weight excluding hydrogens is 490 g/mol. The number of likely N-dealkylation sites (N-methyl/N-ethyl adjacent to an activating group) is 1. The fourth-order valence-electron chi connectivity index (χ4n) is 3.61. The molecule has 10 nitrogen and oxygen atoms in total. The molecule has 3 N–H and O–H groups in total. The van der Waals surface area contributed by atoms with Crippen molar-refractivity contribution in [2.24, 2.45) is 0 Å². The van der Waals surface area contributed by atoms with Crippen LogP contribution in [0.2, 0.25) is 0 Å². The molecule has 0 heterocycles. The molecule has 0 aromatic heterocycles. The Morgan fingerprint density at radius 3 is 2.00 bits per heavy atom. The lowest BCUT2D eigenvalue weighted by molar-refractivity contribution is -0.146. The number of phenolic OH excluding ortho intramolecular Hbond substituents is 1. The number of nitrogens with one attached hydrogen (secondary N) is 2. The van der Waals surface area contributed by atoms with Crippen molar-refractivity contribution in [1.82, 2.24) is 15.5 Å². The number of aromatic hydroxyl groups is 1. The van der Waals surface area contributed by atoms with Gasteiger partial charge < -0.3 is 30.1 Å². The van der Waals surface area contributed by atoms with Crippen LogP contribution in [0.3, 0.4) is 0 Å². The monoisotopic (exact) mass is 527 g/mol. The lowest BCUT2D eigenvalue weighted by atomic mass is 10.0. The van der Waals surface area contributed by atoms with Crippen molar-refractivity contribution < 1.29 is 33.8 Å². The van der Waals surface area contributed by atoms with Gasteiger partial charge in [-0.2, -0.15) is 0 Å². The van der Waals surface area contributed by atoms with Crippen molar-refractivity contribution in [3.63, 3.8) is 0 Å². The molecule has 2 aromatic carbocycles. The Balaban J connectivity index is 2.17. The summed E-state index contributed by atoms with van der Waals surface area (Å²) in [6, 6.07) is 12.4. The van der Waals surface area contributed by atoms with Crippen LogP contribution in [0.5, 0.6) is 5.75 Å². The molecule has 38 heavy (non-hydrogen) atoms. The van der Waals surface area contributed by atoms with Crippen molar-refractivity contribution >= 4 is 23.9 Å². The average molecular weight is 528 g/mol. The molecule has 0 unspecified atom stereocenters. The number of hydrogen-bond donors (Lipinski definition) is 3. The third kappa shape index (κ3) is 9.42. The molecule has 0 fully saturated rings. The van der Waals surface area contributed by atoms with E-state index in [2.05, 4.69) is 10.6 Å². The van der Waals surface area contributed by atoms with Crippen molar-refractivity contribution in [2.45, 2.75) is 64.3 Å². The minimum atomic E-state index is -1.01. The van der Waals surface area contributed by atoms with Gasteiger partial charge >= 0.3 is 12.1 Å². The number of benzene rings is 2. The number of amides is 3. The molecule has 2 aromatic rings. The maximum absolute atomic E-state index is 13.5. The molecule has 10 heteroatoms. The Labute approximate surface area is 223 Å². The molecule has 3 atom stereocenters. The number of esters is 1. The summed E-state index contributed by atoms with van der Waals surface area (Å²) in [7, 11) is 2.67. The largest absolute Gasteiger partial charge is 0.508 e. The fraction of sp³-hybridized carbons (Fsp3) is 0.429. The van der Waals surface area contributed by atoms with E-state index in [4.69, 9.17) is 9.47 Å². The van der Waals surface area contributed by atoms with Crippen LogP contribution in [0.25, 0.3) is 0 Å². The van der Waals surface area contributed by atoms with Crippen LogP contribution < -0.4 is 10.6 Å². The first-order valence-corrected chi connectivity index (χ1v) is 12.3. The second-order valence-electron chi connectivity index (χ2n) is 9.97. The molecule has 0 bridgehead atoms. The van der Waals surface area contributed by atoms with Gasteiger partial charge in [0.15, 0.2) is 0 Å². The van der Waals surface area contributed by atoms with Gasteiger partial charge in [-0.1, -0.05) is 42.5 Å². The number of phenols is 1. The highest BCUT2D eigenvalue weighted by molar-refractivity contribution is 5.93. The summed E-state index contributed by atoms with van der Waals surface area (Å²) in [5.74, 6) is -1.66. The molecule has 0 aliphatic carbocycles. The summed E-state index contributed by atoms with van der Waals surface area (Å²) in [6.07, 6.45) is -0.444. The van der Waals surface area contributed by atoms with E-state index in [9.17, 15) is 24.3 Å². The number of ether oxygens (including phenoxy) is 2. The van der Waals surface area contributed by atoms with E-state index in [-0.39, 0.29) is 18.6 Å². The van der Waals surface area contributed by atoms with Gasteiger partial charge in [-0.25, -0.2) is 9.59 Å². The second-order valence-corrected chi connectivity index (χ2v) is 9.97. The first kappa shape index (κ1) is 30.1. The number of rotatable bonds is 10. The normalized spacial score (nSPS) is 13.4. The average Bonchev–Trinajstić information content (AvgIpc) is 2.86. The third-order valence-electron chi connectivity index (χ3n) is 5.76. The van der Waals surface area contributed by atoms with Gasteiger partial charge in [0, 0.05) is 19.9 Å². The number of alkyl carbamates (subject to hydrolysis) is 1. The van der Waals surface area contributed by atoms with Gasteiger partial charge in [0.05, 0.1) is 7.11 Å². The predicted molar refractivity (Wildman–Crippen MR) is 141 cm³/mol. The lowest BCUT2D eigenvalue weighted by Crippen LogP contribution is -2.56. The Hall–Kier alpha value is -4.08. The maximum atomic E-state index is 13.5. The van der Waals surface area contributed by atoms with Gasteiger partial charge in [-0.15, -0.1) is 0 Å². The van der Waals surface area contributed by atoms with Gasteiger partial charge in [0.1, 0.15) is 29.5 Å². The van der Waals surface area contributed by atoms with Crippen LogP contribution in [0.1, 0.15) is 38.8 Å². The van der Waals surface area contributed by atoms with Crippen molar-refractivity contribution in [3.05, 3.63) is 65.7 Å². The van der Waals surface area contributed by atoms with Crippen molar-refractivity contribution in [3.8, 4) is 5.75 Å². The van der Waals surface area contributed by atoms with Gasteiger partial charge in [0.25, 0.3) is 0 Å². The SMILES string of the molecule is COC(=O)[C@H](Cc1ccc(O)cc1)NC(=O)[C@H](C)N(C)C(=O)[C@H](Cc1ccccc1)NC(=O)OC(C)(C)C. The molecular formula is C28H37N3O7. The Morgan fingerprint density at radius 1 is 0.895 bits per heavy atom. The molecule has 0 saturated carbocycles. The van der Waals surface area contributed by atoms with E-state index in [1.807, 2.05) is 30.3 Å². The summed E-state index contributed by atoms with van der Waals surface area (Å²) in [4.78, 5) is 52.6. The molecule has 0 aliphatic heterocycles. The number of methoxy groups -OCH3 is 1.